The Morgan fingerprint density at radius 3 is 2.71 bits per heavy atom. The number of anilines is 1. The van der Waals surface area contributed by atoms with E-state index in [1.807, 2.05) is 25.1 Å². The van der Waals surface area contributed by atoms with Crippen LogP contribution in [0.15, 0.2) is 33.5 Å². The van der Waals surface area contributed by atoms with Gasteiger partial charge in [-0.1, -0.05) is 15.9 Å². The van der Waals surface area contributed by atoms with Crippen LogP contribution >= 0.6 is 31.9 Å². The number of hydrogen-bond acceptors (Lipinski definition) is 4. The number of nitrogen functional groups attached to an aromatic ring is 1. The molecule has 1 aromatic carbocycles. The fourth-order valence-electron chi connectivity index (χ4n) is 1.27. The lowest BCUT2D eigenvalue weighted by atomic mass is 10.2. The van der Waals surface area contributed by atoms with Gasteiger partial charge in [0, 0.05) is 4.47 Å². The smallest absolute Gasteiger partial charge is 0.238 e. The molecule has 0 amide bonds. The lowest BCUT2D eigenvalue weighted by molar-refractivity contribution is 0.455. The first-order valence-electron chi connectivity index (χ1n) is 4.78. The zero-order valence-electron chi connectivity index (χ0n) is 8.95. The molecule has 88 valence electrons. The van der Waals surface area contributed by atoms with Crippen molar-refractivity contribution in [2.24, 2.45) is 0 Å². The first-order valence-corrected chi connectivity index (χ1v) is 6.36. The van der Waals surface area contributed by atoms with Gasteiger partial charge in [-0.2, -0.15) is 0 Å². The van der Waals surface area contributed by atoms with Gasteiger partial charge in [0.15, 0.2) is 0 Å². The van der Waals surface area contributed by atoms with E-state index in [0.717, 1.165) is 15.8 Å². The van der Waals surface area contributed by atoms with Crippen molar-refractivity contribution in [2.45, 2.75) is 6.92 Å². The highest BCUT2D eigenvalue weighted by Gasteiger charge is 2.09. The Morgan fingerprint density at radius 1 is 1.24 bits per heavy atom. The van der Waals surface area contributed by atoms with E-state index in [1.165, 1.54) is 6.33 Å². The van der Waals surface area contributed by atoms with Crippen LogP contribution in [0.3, 0.4) is 0 Å². The van der Waals surface area contributed by atoms with Gasteiger partial charge in [-0.05, 0) is 46.6 Å². The van der Waals surface area contributed by atoms with Gasteiger partial charge in [-0.25, -0.2) is 9.97 Å². The molecule has 17 heavy (non-hydrogen) atoms. The molecular weight excluding hydrogens is 350 g/mol. The average Bonchev–Trinajstić information content (AvgIpc) is 2.28. The van der Waals surface area contributed by atoms with Crippen LogP contribution in [-0.2, 0) is 0 Å². The number of rotatable bonds is 2. The van der Waals surface area contributed by atoms with E-state index in [0.29, 0.717) is 16.2 Å². The maximum absolute atomic E-state index is 5.68. The highest BCUT2D eigenvalue weighted by Crippen LogP contribution is 2.32. The number of benzene rings is 1. The summed E-state index contributed by atoms with van der Waals surface area (Å²) in [7, 11) is 0. The lowest BCUT2D eigenvalue weighted by Crippen LogP contribution is -1.97. The SMILES string of the molecule is Cc1cc(Br)ccc1Oc1ncnc(N)c1Br. The Balaban J connectivity index is 2.35. The molecule has 0 aliphatic rings. The monoisotopic (exact) mass is 357 g/mol. The van der Waals surface area contributed by atoms with Crippen LogP contribution in [0.4, 0.5) is 5.82 Å². The fourth-order valence-corrected chi connectivity index (χ4v) is 2.03. The molecule has 2 rings (SSSR count). The molecule has 4 nitrogen and oxygen atoms in total. The molecule has 2 N–H and O–H groups in total. The van der Waals surface area contributed by atoms with Crippen LogP contribution in [0.25, 0.3) is 0 Å². The van der Waals surface area contributed by atoms with Gasteiger partial charge >= 0.3 is 0 Å². The first kappa shape index (κ1) is 12.3. The van der Waals surface area contributed by atoms with Crippen molar-refractivity contribution < 1.29 is 4.74 Å². The minimum Gasteiger partial charge on any atom is -0.437 e. The second-order valence-corrected chi connectivity index (χ2v) is 5.10. The Labute approximate surface area is 115 Å². The topological polar surface area (TPSA) is 61.0 Å². The third-order valence-electron chi connectivity index (χ3n) is 2.13. The van der Waals surface area contributed by atoms with E-state index in [-0.39, 0.29) is 0 Å². The number of halogens is 2. The number of nitrogens with zero attached hydrogens (tertiary/aromatic N) is 2. The van der Waals surface area contributed by atoms with Crippen molar-refractivity contribution in [3.05, 3.63) is 39.0 Å². The summed E-state index contributed by atoms with van der Waals surface area (Å²) < 4.78 is 7.24. The molecule has 1 aromatic heterocycles. The molecule has 1 heterocycles. The predicted molar refractivity (Wildman–Crippen MR) is 73.1 cm³/mol. The van der Waals surface area contributed by atoms with E-state index in [4.69, 9.17) is 10.5 Å². The van der Waals surface area contributed by atoms with Crippen molar-refractivity contribution in [3.8, 4) is 11.6 Å². The van der Waals surface area contributed by atoms with Crippen molar-refractivity contribution in [1.82, 2.24) is 9.97 Å². The Morgan fingerprint density at radius 2 is 2.00 bits per heavy atom. The molecular formula is C11H9Br2N3O. The number of nitrogens with two attached hydrogens (primary N) is 1. The lowest BCUT2D eigenvalue weighted by Gasteiger charge is -2.09. The zero-order valence-corrected chi connectivity index (χ0v) is 12.1. The number of aromatic nitrogens is 2. The van der Waals surface area contributed by atoms with Crippen LogP contribution in [0.5, 0.6) is 11.6 Å². The number of aryl methyl sites for hydroxylation is 1. The Kier molecular flexibility index (Phi) is 3.63. The standard InChI is InChI=1S/C11H9Br2N3O/c1-6-4-7(12)2-3-8(6)17-11-9(13)10(14)15-5-16-11/h2-5H,1H3,(H2,14,15,16). The first-order chi connectivity index (χ1) is 8.08. The second kappa shape index (κ2) is 5.01. The molecule has 0 fully saturated rings. The summed E-state index contributed by atoms with van der Waals surface area (Å²) in [6, 6.07) is 5.73. The molecule has 0 saturated heterocycles. The van der Waals surface area contributed by atoms with Gasteiger partial charge in [-0.15, -0.1) is 0 Å². The predicted octanol–water partition coefficient (Wildman–Crippen LogP) is 3.68. The maximum Gasteiger partial charge on any atom is 0.238 e. The Hall–Kier alpha value is -1.14. The summed E-state index contributed by atoms with van der Waals surface area (Å²) in [5.41, 5.74) is 6.65. The third-order valence-corrected chi connectivity index (χ3v) is 3.37. The van der Waals surface area contributed by atoms with Crippen LogP contribution in [-0.4, -0.2) is 9.97 Å². The molecule has 0 atom stereocenters. The van der Waals surface area contributed by atoms with Gasteiger partial charge in [0.05, 0.1) is 0 Å². The molecule has 0 saturated carbocycles. The number of hydrogen-bond donors (Lipinski definition) is 1. The van der Waals surface area contributed by atoms with E-state index in [1.54, 1.807) is 0 Å². The van der Waals surface area contributed by atoms with Crippen LogP contribution in [0, 0.1) is 6.92 Å². The van der Waals surface area contributed by atoms with E-state index in [2.05, 4.69) is 41.8 Å². The molecule has 0 spiro atoms. The molecule has 6 heteroatoms. The normalized spacial score (nSPS) is 10.3. The van der Waals surface area contributed by atoms with E-state index >= 15 is 0 Å². The van der Waals surface area contributed by atoms with Crippen LogP contribution in [0.2, 0.25) is 0 Å². The van der Waals surface area contributed by atoms with Gasteiger partial charge in [0.25, 0.3) is 0 Å². The summed E-state index contributed by atoms with van der Waals surface area (Å²) in [6.45, 7) is 1.96. The van der Waals surface area contributed by atoms with E-state index in [9.17, 15) is 0 Å². The summed E-state index contributed by atoms with van der Waals surface area (Å²) in [5.74, 6) is 1.49. The summed E-state index contributed by atoms with van der Waals surface area (Å²) >= 11 is 6.69. The highest BCUT2D eigenvalue weighted by atomic mass is 79.9. The molecule has 0 unspecified atom stereocenters. The molecule has 2 aromatic rings. The second-order valence-electron chi connectivity index (χ2n) is 3.39. The zero-order chi connectivity index (χ0) is 12.4. The van der Waals surface area contributed by atoms with Crippen molar-refractivity contribution in [1.29, 1.82) is 0 Å². The molecule has 0 radical (unpaired) electrons. The summed E-state index contributed by atoms with van der Waals surface area (Å²) in [4.78, 5) is 7.88. The average molecular weight is 359 g/mol. The van der Waals surface area contributed by atoms with Crippen molar-refractivity contribution >= 4 is 37.7 Å². The quantitative estimate of drug-likeness (QED) is 0.889. The van der Waals surface area contributed by atoms with Gasteiger partial charge in [0.1, 0.15) is 22.4 Å². The third kappa shape index (κ3) is 2.76. The van der Waals surface area contributed by atoms with Gasteiger partial charge in [-0.3, -0.25) is 0 Å². The Bertz CT molecular complexity index is 560. The maximum atomic E-state index is 5.68. The van der Waals surface area contributed by atoms with Gasteiger partial charge in [0.2, 0.25) is 5.88 Å². The summed E-state index contributed by atoms with van der Waals surface area (Å²) in [6.07, 6.45) is 1.36. The van der Waals surface area contributed by atoms with Crippen molar-refractivity contribution in [2.75, 3.05) is 5.73 Å². The highest BCUT2D eigenvalue weighted by molar-refractivity contribution is 9.11. The van der Waals surface area contributed by atoms with Crippen LogP contribution in [0.1, 0.15) is 5.56 Å². The molecule has 0 aliphatic heterocycles. The minimum atomic E-state index is 0.352. The largest absolute Gasteiger partial charge is 0.437 e. The van der Waals surface area contributed by atoms with E-state index < -0.39 is 0 Å². The fraction of sp³-hybridized carbons (Fsp3) is 0.0909. The molecule has 0 aliphatic carbocycles. The molecule has 0 bridgehead atoms. The summed E-state index contributed by atoms with van der Waals surface area (Å²) in [5, 5.41) is 0. The minimum absolute atomic E-state index is 0.352. The number of ether oxygens (including phenoxy) is 1. The van der Waals surface area contributed by atoms with Crippen molar-refractivity contribution in [3.63, 3.8) is 0 Å². The van der Waals surface area contributed by atoms with Gasteiger partial charge < -0.3 is 10.5 Å². The van der Waals surface area contributed by atoms with Crippen LogP contribution < -0.4 is 10.5 Å².